The first kappa shape index (κ1) is 15.8. The van der Waals surface area contributed by atoms with Crippen LogP contribution in [0.5, 0.6) is 0 Å². The van der Waals surface area contributed by atoms with E-state index in [0.29, 0.717) is 11.3 Å². The van der Waals surface area contributed by atoms with Crippen LogP contribution in [0.1, 0.15) is 30.8 Å². The Bertz CT molecular complexity index is 587. The molecule has 116 valence electrons. The zero-order chi connectivity index (χ0) is 15.6. The van der Waals surface area contributed by atoms with Gasteiger partial charge in [-0.25, -0.2) is 9.18 Å². The van der Waals surface area contributed by atoms with Gasteiger partial charge in [-0.1, -0.05) is 19.1 Å². The Morgan fingerprint density at radius 1 is 1.57 bits per heavy atom. The third-order valence-corrected chi connectivity index (χ3v) is 3.46. The number of aromatic nitrogens is 2. The van der Waals surface area contributed by atoms with Crippen molar-refractivity contribution < 1.29 is 19.3 Å². The lowest BCUT2D eigenvalue weighted by Gasteiger charge is -2.17. The summed E-state index contributed by atoms with van der Waals surface area (Å²) < 4.78 is 20.3. The first-order valence-electron chi connectivity index (χ1n) is 6.84. The second-order valence-corrected chi connectivity index (χ2v) is 4.96. The van der Waals surface area contributed by atoms with Crippen LogP contribution in [0.15, 0.2) is 17.1 Å². The average Bonchev–Trinajstić information content (AvgIpc) is 2.74. The molecule has 1 aliphatic heterocycles. The second-order valence-electron chi connectivity index (χ2n) is 4.96. The molecule has 1 fully saturated rings. The molecule has 1 aromatic rings. The van der Waals surface area contributed by atoms with Crippen LogP contribution in [-0.2, 0) is 4.74 Å². The van der Waals surface area contributed by atoms with Crippen molar-refractivity contribution in [2.24, 2.45) is 0 Å². The van der Waals surface area contributed by atoms with Crippen LogP contribution in [0.25, 0.3) is 6.08 Å². The minimum absolute atomic E-state index is 0.519. The molecule has 0 aliphatic carbocycles. The molecule has 21 heavy (non-hydrogen) atoms. The maximum Gasteiger partial charge on any atom is 0.350 e. The first-order chi connectivity index (χ1) is 9.99. The molecular weight excluding hydrogens is 279 g/mol. The van der Waals surface area contributed by atoms with E-state index in [-0.39, 0.29) is 0 Å². The predicted octanol–water partition coefficient (Wildman–Crippen LogP) is 0.564. The maximum atomic E-state index is 14.1. The largest absolute Gasteiger partial charge is 0.394 e. The number of ether oxygens (including phenoxy) is 1. The van der Waals surface area contributed by atoms with Crippen molar-refractivity contribution in [3.63, 3.8) is 0 Å². The monoisotopic (exact) mass is 298 g/mol. The third kappa shape index (κ3) is 3.04. The molecular formula is C14H19FN2O4. The summed E-state index contributed by atoms with van der Waals surface area (Å²) in [6.45, 7) is 3.14. The van der Waals surface area contributed by atoms with Crippen LogP contribution >= 0.6 is 0 Å². The fourth-order valence-electron chi connectivity index (χ4n) is 2.23. The van der Waals surface area contributed by atoms with E-state index in [0.717, 1.165) is 11.0 Å². The van der Waals surface area contributed by atoms with Crippen LogP contribution in [0, 0.1) is 6.92 Å². The van der Waals surface area contributed by atoms with Gasteiger partial charge in [0.05, 0.1) is 12.3 Å². The van der Waals surface area contributed by atoms with Crippen LogP contribution in [0.2, 0.25) is 0 Å². The number of nitrogens with zero attached hydrogens (tertiary/aromatic N) is 2. The Labute approximate surface area is 121 Å². The molecule has 7 heteroatoms. The van der Waals surface area contributed by atoms with E-state index in [1.54, 1.807) is 13.0 Å². The van der Waals surface area contributed by atoms with Gasteiger partial charge in [0.1, 0.15) is 12.2 Å². The van der Waals surface area contributed by atoms with Gasteiger partial charge in [0.25, 0.3) is 0 Å². The summed E-state index contributed by atoms with van der Waals surface area (Å²) in [5.41, 5.74) is 0.558. The number of allylic oxidation sites excluding steroid dienone is 1. The van der Waals surface area contributed by atoms with E-state index in [2.05, 4.69) is 4.98 Å². The van der Waals surface area contributed by atoms with Crippen molar-refractivity contribution in [1.29, 1.82) is 0 Å². The van der Waals surface area contributed by atoms with Crippen molar-refractivity contribution in [3.05, 3.63) is 34.0 Å². The van der Waals surface area contributed by atoms with Crippen molar-refractivity contribution in [3.8, 4) is 0 Å². The van der Waals surface area contributed by atoms with Gasteiger partial charge in [-0.15, -0.1) is 0 Å². The number of rotatable bonds is 4. The lowest BCUT2D eigenvalue weighted by atomic mass is 10.1. The lowest BCUT2D eigenvalue weighted by molar-refractivity contribution is -0.0491. The minimum Gasteiger partial charge on any atom is -0.394 e. The molecule has 1 aromatic heterocycles. The summed E-state index contributed by atoms with van der Waals surface area (Å²) in [6, 6.07) is 0. The topological polar surface area (TPSA) is 84.6 Å². The second kappa shape index (κ2) is 6.46. The highest BCUT2D eigenvalue weighted by Gasteiger charge is 2.45. The van der Waals surface area contributed by atoms with Gasteiger partial charge in [-0.2, -0.15) is 4.98 Å². The van der Waals surface area contributed by atoms with E-state index >= 15 is 0 Å². The summed E-state index contributed by atoms with van der Waals surface area (Å²) in [4.78, 5) is 15.8. The number of aliphatic hydroxyl groups excluding tert-OH is 2. The molecule has 0 radical (unpaired) electrons. The molecule has 2 rings (SSSR count). The van der Waals surface area contributed by atoms with E-state index < -0.39 is 36.9 Å². The molecule has 1 saturated heterocycles. The molecule has 1 aliphatic rings. The third-order valence-electron chi connectivity index (χ3n) is 3.46. The Balaban J connectivity index is 2.40. The number of hydrogen-bond acceptors (Lipinski definition) is 5. The average molecular weight is 298 g/mol. The van der Waals surface area contributed by atoms with Crippen LogP contribution in [0.4, 0.5) is 4.39 Å². The molecule has 6 nitrogen and oxygen atoms in total. The van der Waals surface area contributed by atoms with Gasteiger partial charge >= 0.3 is 5.69 Å². The summed E-state index contributed by atoms with van der Waals surface area (Å²) in [5.74, 6) is 0. The van der Waals surface area contributed by atoms with E-state index in [4.69, 9.17) is 9.84 Å². The van der Waals surface area contributed by atoms with E-state index in [1.807, 2.05) is 13.0 Å². The van der Waals surface area contributed by atoms with Gasteiger partial charge in [0, 0.05) is 11.8 Å². The van der Waals surface area contributed by atoms with E-state index in [1.165, 1.54) is 6.20 Å². The van der Waals surface area contributed by atoms with E-state index in [9.17, 15) is 14.3 Å². The lowest BCUT2D eigenvalue weighted by Crippen LogP contribution is -2.34. The van der Waals surface area contributed by atoms with Crippen molar-refractivity contribution in [1.82, 2.24) is 9.55 Å². The number of aryl methyl sites for hydroxylation is 1. The summed E-state index contributed by atoms with van der Waals surface area (Å²) in [5, 5.41) is 18.7. The molecule has 0 amide bonds. The van der Waals surface area contributed by atoms with Crippen molar-refractivity contribution in [2.75, 3.05) is 6.61 Å². The zero-order valence-electron chi connectivity index (χ0n) is 11.9. The molecule has 2 heterocycles. The first-order valence-corrected chi connectivity index (χ1v) is 6.84. The molecule has 0 bridgehead atoms. The molecule has 4 atom stereocenters. The van der Waals surface area contributed by atoms with Gasteiger partial charge in [0.2, 0.25) is 0 Å². The Kier molecular flexibility index (Phi) is 4.87. The molecule has 0 saturated carbocycles. The van der Waals surface area contributed by atoms with Gasteiger partial charge in [-0.3, -0.25) is 4.57 Å². The Morgan fingerprint density at radius 2 is 2.29 bits per heavy atom. The minimum atomic E-state index is -1.80. The fraction of sp³-hybridized carbons (Fsp3) is 0.571. The smallest absolute Gasteiger partial charge is 0.350 e. The predicted molar refractivity (Wildman–Crippen MR) is 74.5 cm³/mol. The SMILES string of the molecule is CCC=Cc1cn(C2OC(CO)C(O)C2F)c(=O)nc1C. The maximum absolute atomic E-state index is 14.1. The quantitative estimate of drug-likeness (QED) is 0.848. The number of halogens is 1. The highest BCUT2D eigenvalue weighted by molar-refractivity contribution is 5.50. The van der Waals surface area contributed by atoms with Gasteiger partial charge in [0.15, 0.2) is 12.4 Å². The standard InChI is InChI=1S/C14H19FN2O4/c1-3-4-5-9-6-17(14(20)16-8(9)2)13-11(15)12(19)10(7-18)21-13/h4-6,10-13,18-19H,3,7H2,1-2H3. The summed E-state index contributed by atoms with van der Waals surface area (Å²) in [6.07, 6.45) is 0.359. The fourth-order valence-corrected chi connectivity index (χ4v) is 2.23. The van der Waals surface area contributed by atoms with Crippen LogP contribution in [-0.4, -0.2) is 44.8 Å². The zero-order valence-corrected chi connectivity index (χ0v) is 11.9. The van der Waals surface area contributed by atoms with Crippen LogP contribution < -0.4 is 5.69 Å². The molecule has 2 N–H and O–H groups in total. The number of hydrogen-bond donors (Lipinski definition) is 2. The molecule has 4 unspecified atom stereocenters. The van der Waals surface area contributed by atoms with Crippen molar-refractivity contribution >= 4 is 6.08 Å². The van der Waals surface area contributed by atoms with Gasteiger partial charge < -0.3 is 14.9 Å². The number of alkyl halides is 1. The summed E-state index contributed by atoms with van der Waals surface area (Å²) in [7, 11) is 0. The van der Waals surface area contributed by atoms with Crippen molar-refractivity contribution in [2.45, 2.75) is 44.9 Å². The normalized spacial score (nSPS) is 29.4. The molecule has 0 spiro atoms. The summed E-state index contributed by atoms with van der Waals surface area (Å²) >= 11 is 0. The molecule has 0 aromatic carbocycles. The van der Waals surface area contributed by atoms with Gasteiger partial charge in [-0.05, 0) is 13.3 Å². The Hall–Kier alpha value is -1.57. The highest BCUT2D eigenvalue weighted by Crippen LogP contribution is 2.30. The number of aliphatic hydroxyl groups is 2. The Morgan fingerprint density at radius 3 is 2.86 bits per heavy atom. The van der Waals surface area contributed by atoms with Crippen LogP contribution in [0.3, 0.4) is 0 Å². The highest BCUT2D eigenvalue weighted by atomic mass is 19.1.